The van der Waals surface area contributed by atoms with E-state index in [-0.39, 0.29) is 18.2 Å². The SMILES string of the molecule is CCc1cccc(N2C[C@@H](C(=O)N[C@H](C)c3ccc(F)c(F)c3)CC2=O)c1. The average Bonchev–Trinajstić information content (AvgIpc) is 3.05. The first-order valence-electron chi connectivity index (χ1n) is 9.03. The third-order valence-electron chi connectivity index (χ3n) is 4.93. The number of halogens is 2. The Kier molecular flexibility index (Phi) is 5.54. The van der Waals surface area contributed by atoms with Gasteiger partial charge in [0.2, 0.25) is 11.8 Å². The molecule has 0 radical (unpaired) electrons. The molecule has 1 aliphatic heterocycles. The van der Waals surface area contributed by atoms with Crippen molar-refractivity contribution in [1.82, 2.24) is 5.32 Å². The largest absolute Gasteiger partial charge is 0.349 e. The predicted molar refractivity (Wildman–Crippen MR) is 99.2 cm³/mol. The number of nitrogens with zero attached hydrogens (tertiary/aromatic N) is 1. The quantitative estimate of drug-likeness (QED) is 0.869. The summed E-state index contributed by atoms with van der Waals surface area (Å²) in [5.74, 6) is -2.72. The van der Waals surface area contributed by atoms with Crippen molar-refractivity contribution in [2.75, 3.05) is 11.4 Å². The molecule has 3 rings (SSSR count). The van der Waals surface area contributed by atoms with Crippen LogP contribution in [0.1, 0.15) is 37.4 Å². The van der Waals surface area contributed by atoms with E-state index in [0.717, 1.165) is 29.8 Å². The molecule has 0 saturated carbocycles. The van der Waals surface area contributed by atoms with Crippen molar-refractivity contribution in [2.45, 2.75) is 32.7 Å². The molecule has 1 aliphatic rings. The van der Waals surface area contributed by atoms with E-state index in [0.29, 0.717) is 12.1 Å². The molecule has 0 spiro atoms. The number of carbonyl (C=O) groups is 2. The number of aryl methyl sites for hydroxylation is 1. The number of hydrogen-bond donors (Lipinski definition) is 1. The van der Waals surface area contributed by atoms with Crippen LogP contribution < -0.4 is 10.2 Å². The maximum atomic E-state index is 13.4. The monoisotopic (exact) mass is 372 g/mol. The van der Waals surface area contributed by atoms with Gasteiger partial charge in [-0.3, -0.25) is 9.59 Å². The third kappa shape index (κ3) is 4.15. The molecule has 4 nitrogen and oxygen atoms in total. The summed E-state index contributed by atoms with van der Waals surface area (Å²) in [7, 11) is 0. The average molecular weight is 372 g/mol. The van der Waals surface area contributed by atoms with E-state index in [4.69, 9.17) is 0 Å². The standard InChI is InChI=1S/C21H22F2N2O2/c1-3-14-5-4-6-17(9-14)25-12-16(11-20(25)26)21(27)24-13(2)15-7-8-18(22)19(23)10-15/h4-10,13,16H,3,11-12H2,1-2H3,(H,24,27)/t13-,16+/m1/s1. The number of benzene rings is 2. The minimum atomic E-state index is -0.952. The number of anilines is 1. The molecule has 0 unspecified atom stereocenters. The molecule has 2 aromatic carbocycles. The molecule has 2 atom stereocenters. The van der Waals surface area contributed by atoms with Gasteiger partial charge in [-0.15, -0.1) is 0 Å². The van der Waals surface area contributed by atoms with Crippen molar-refractivity contribution in [1.29, 1.82) is 0 Å². The van der Waals surface area contributed by atoms with Gasteiger partial charge in [-0.1, -0.05) is 25.1 Å². The number of nitrogens with one attached hydrogen (secondary N) is 1. The normalized spacial score (nSPS) is 17.9. The van der Waals surface area contributed by atoms with Gasteiger partial charge in [0.05, 0.1) is 12.0 Å². The molecule has 0 bridgehead atoms. The highest BCUT2D eigenvalue weighted by molar-refractivity contribution is 6.00. The predicted octanol–water partition coefficient (Wildman–Crippen LogP) is 3.76. The zero-order valence-corrected chi connectivity index (χ0v) is 15.3. The van der Waals surface area contributed by atoms with E-state index in [1.807, 2.05) is 31.2 Å². The van der Waals surface area contributed by atoms with Crippen LogP contribution in [-0.2, 0) is 16.0 Å². The molecule has 0 aliphatic carbocycles. The Morgan fingerprint density at radius 2 is 2.00 bits per heavy atom. The van der Waals surface area contributed by atoms with Gasteiger partial charge in [-0.25, -0.2) is 8.78 Å². The van der Waals surface area contributed by atoms with Gasteiger partial charge in [-0.05, 0) is 48.7 Å². The minimum Gasteiger partial charge on any atom is -0.349 e. The Hall–Kier alpha value is -2.76. The Labute approximate surface area is 157 Å². The molecule has 1 heterocycles. The summed E-state index contributed by atoms with van der Waals surface area (Å²) >= 11 is 0. The van der Waals surface area contributed by atoms with E-state index < -0.39 is 23.6 Å². The van der Waals surface area contributed by atoms with Crippen LogP contribution >= 0.6 is 0 Å². The van der Waals surface area contributed by atoms with Gasteiger partial charge in [0.25, 0.3) is 0 Å². The first-order valence-corrected chi connectivity index (χ1v) is 9.03. The summed E-state index contributed by atoms with van der Waals surface area (Å²) in [5, 5.41) is 2.79. The molecule has 27 heavy (non-hydrogen) atoms. The lowest BCUT2D eigenvalue weighted by Crippen LogP contribution is -2.34. The smallest absolute Gasteiger partial charge is 0.227 e. The van der Waals surface area contributed by atoms with Crippen LogP contribution in [0.15, 0.2) is 42.5 Å². The van der Waals surface area contributed by atoms with Gasteiger partial charge in [-0.2, -0.15) is 0 Å². The topological polar surface area (TPSA) is 49.4 Å². The third-order valence-corrected chi connectivity index (χ3v) is 4.93. The fraction of sp³-hybridized carbons (Fsp3) is 0.333. The summed E-state index contributed by atoms with van der Waals surface area (Å²) in [6.07, 6.45) is 0.998. The van der Waals surface area contributed by atoms with Crippen LogP contribution in [0.25, 0.3) is 0 Å². The first-order chi connectivity index (χ1) is 12.9. The van der Waals surface area contributed by atoms with Crippen molar-refractivity contribution in [3.63, 3.8) is 0 Å². The van der Waals surface area contributed by atoms with Crippen LogP contribution in [0.4, 0.5) is 14.5 Å². The molecule has 2 amide bonds. The van der Waals surface area contributed by atoms with E-state index in [1.165, 1.54) is 6.07 Å². The van der Waals surface area contributed by atoms with Crippen molar-refractivity contribution in [3.05, 3.63) is 65.2 Å². The molecule has 2 aromatic rings. The van der Waals surface area contributed by atoms with E-state index in [1.54, 1.807) is 11.8 Å². The zero-order valence-electron chi connectivity index (χ0n) is 15.3. The second kappa shape index (κ2) is 7.86. The summed E-state index contributed by atoms with van der Waals surface area (Å²) in [5.41, 5.74) is 2.39. The lowest BCUT2D eigenvalue weighted by atomic mass is 10.0. The Bertz CT molecular complexity index is 869. The number of amides is 2. The summed E-state index contributed by atoms with van der Waals surface area (Å²) in [6.45, 7) is 4.05. The van der Waals surface area contributed by atoms with Crippen LogP contribution in [0, 0.1) is 17.6 Å². The van der Waals surface area contributed by atoms with Crippen molar-refractivity contribution in [2.24, 2.45) is 5.92 Å². The van der Waals surface area contributed by atoms with E-state index in [9.17, 15) is 18.4 Å². The molecular weight excluding hydrogens is 350 g/mol. The Balaban J connectivity index is 1.67. The van der Waals surface area contributed by atoms with Gasteiger partial charge in [0.1, 0.15) is 0 Å². The Morgan fingerprint density at radius 1 is 1.22 bits per heavy atom. The van der Waals surface area contributed by atoms with E-state index in [2.05, 4.69) is 5.32 Å². The highest BCUT2D eigenvalue weighted by Gasteiger charge is 2.35. The maximum Gasteiger partial charge on any atom is 0.227 e. The second-order valence-electron chi connectivity index (χ2n) is 6.83. The number of carbonyl (C=O) groups excluding carboxylic acids is 2. The molecule has 1 N–H and O–H groups in total. The molecule has 0 aromatic heterocycles. The molecular formula is C21H22F2N2O2. The summed E-state index contributed by atoms with van der Waals surface area (Å²) in [4.78, 5) is 26.6. The van der Waals surface area contributed by atoms with Gasteiger partial charge < -0.3 is 10.2 Å². The molecule has 142 valence electrons. The fourth-order valence-corrected chi connectivity index (χ4v) is 3.27. The van der Waals surface area contributed by atoms with Crippen LogP contribution in [0.2, 0.25) is 0 Å². The summed E-state index contributed by atoms with van der Waals surface area (Å²) < 4.78 is 26.5. The first kappa shape index (κ1) is 19.0. The van der Waals surface area contributed by atoms with E-state index >= 15 is 0 Å². The minimum absolute atomic E-state index is 0.0936. The van der Waals surface area contributed by atoms with Gasteiger partial charge in [0.15, 0.2) is 11.6 Å². The zero-order chi connectivity index (χ0) is 19.6. The molecule has 6 heteroatoms. The van der Waals surface area contributed by atoms with Crippen molar-refractivity contribution < 1.29 is 18.4 Å². The van der Waals surface area contributed by atoms with Crippen molar-refractivity contribution >= 4 is 17.5 Å². The highest BCUT2D eigenvalue weighted by Crippen LogP contribution is 2.27. The van der Waals surface area contributed by atoms with Gasteiger partial charge in [0, 0.05) is 18.7 Å². The van der Waals surface area contributed by atoms with Gasteiger partial charge >= 0.3 is 0 Å². The second-order valence-corrected chi connectivity index (χ2v) is 6.83. The highest BCUT2D eigenvalue weighted by atomic mass is 19.2. The maximum absolute atomic E-state index is 13.4. The molecule has 1 fully saturated rings. The van der Waals surface area contributed by atoms with Crippen LogP contribution in [-0.4, -0.2) is 18.4 Å². The molecule has 1 saturated heterocycles. The number of hydrogen-bond acceptors (Lipinski definition) is 2. The lowest BCUT2D eigenvalue weighted by Gasteiger charge is -2.19. The lowest BCUT2D eigenvalue weighted by molar-refractivity contribution is -0.126. The van der Waals surface area contributed by atoms with Crippen LogP contribution in [0.3, 0.4) is 0 Å². The van der Waals surface area contributed by atoms with Crippen molar-refractivity contribution in [3.8, 4) is 0 Å². The number of rotatable bonds is 5. The fourth-order valence-electron chi connectivity index (χ4n) is 3.27. The van der Waals surface area contributed by atoms with Crippen LogP contribution in [0.5, 0.6) is 0 Å². The summed E-state index contributed by atoms with van der Waals surface area (Å²) in [6, 6.07) is 10.8. The Morgan fingerprint density at radius 3 is 2.70 bits per heavy atom.